The van der Waals surface area contributed by atoms with Crippen LogP contribution < -0.4 is 4.74 Å². The van der Waals surface area contributed by atoms with Crippen molar-refractivity contribution in [3.05, 3.63) is 48.0 Å². The topological polar surface area (TPSA) is 27.1 Å². The molecule has 0 spiro atoms. The van der Waals surface area contributed by atoms with E-state index >= 15 is 0 Å². The minimum atomic E-state index is -4.41. The number of alkyl halides is 4. The summed E-state index contributed by atoms with van der Waals surface area (Å²) in [6.45, 7) is 3.67. The smallest absolute Gasteiger partial charge is 0.397 e. The first-order valence-corrected chi connectivity index (χ1v) is 6.86. The van der Waals surface area contributed by atoms with Gasteiger partial charge in [0.25, 0.3) is 0 Å². The predicted octanol–water partition coefficient (Wildman–Crippen LogP) is 4.19. The van der Waals surface area contributed by atoms with Gasteiger partial charge in [0.2, 0.25) is 0 Å². The molecule has 0 bridgehead atoms. The Morgan fingerprint density at radius 2 is 1.73 bits per heavy atom. The molecule has 0 aliphatic carbocycles. The maximum absolute atomic E-state index is 14.3. The number of hydrogen-bond acceptors (Lipinski definition) is 2. The summed E-state index contributed by atoms with van der Waals surface area (Å²) in [4.78, 5) is 3.68. The zero-order chi connectivity index (χ0) is 16.4. The van der Waals surface area contributed by atoms with Crippen molar-refractivity contribution < 1.29 is 22.3 Å². The average molecular weight is 316 g/mol. The highest BCUT2D eigenvalue weighted by Crippen LogP contribution is 2.47. The lowest BCUT2D eigenvalue weighted by molar-refractivity contribution is -0.268. The highest BCUT2D eigenvalue weighted by atomic mass is 19.3. The summed E-state index contributed by atoms with van der Waals surface area (Å²) in [7, 11) is 0. The van der Waals surface area contributed by atoms with E-state index in [1.165, 1.54) is 12.1 Å². The van der Waals surface area contributed by atoms with E-state index in [2.05, 4.69) is 4.98 Å². The minimum absolute atomic E-state index is 0.101. The van der Waals surface area contributed by atoms with Gasteiger partial charge in [0, 0.05) is 24.4 Å². The van der Waals surface area contributed by atoms with Crippen LogP contribution in [0.2, 0.25) is 0 Å². The second-order valence-electron chi connectivity index (χ2n) is 4.64. The second-order valence-corrected chi connectivity index (χ2v) is 4.64. The number of ether oxygens (including phenoxy) is 1. The number of hydrogen-bond donors (Lipinski definition) is 0. The molecule has 0 N–H and O–H groups in total. The Kier molecular flexibility index (Phi) is 4.44. The molecule has 0 saturated carbocycles. The first-order valence-electron chi connectivity index (χ1n) is 6.86. The van der Waals surface area contributed by atoms with Crippen molar-refractivity contribution in [3.63, 3.8) is 0 Å². The maximum Gasteiger partial charge on any atom is 0.397 e. The van der Waals surface area contributed by atoms with Crippen LogP contribution in [0, 0.1) is 0 Å². The molecule has 0 amide bonds. The largest absolute Gasteiger partial charge is 0.494 e. The van der Waals surface area contributed by atoms with Gasteiger partial charge in [-0.3, -0.25) is 4.57 Å². The highest BCUT2D eigenvalue weighted by Gasteiger charge is 2.59. The van der Waals surface area contributed by atoms with Crippen molar-refractivity contribution in [1.82, 2.24) is 9.55 Å². The van der Waals surface area contributed by atoms with Gasteiger partial charge in [0.05, 0.1) is 6.61 Å². The van der Waals surface area contributed by atoms with Crippen LogP contribution in [0.4, 0.5) is 17.6 Å². The van der Waals surface area contributed by atoms with Crippen molar-refractivity contribution >= 4 is 0 Å². The normalized spacial score (nSPS) is 12.5. The van der Waals surface area contributed by atoms with Crippen LogP contribution in [0.1, 0.15) is 25.2 Å². The molecule has 2 rings (SSSR count). The average Bonchev–Trinajstić information content (AvgIpc) is 2.97. The fourth-order valence-electron chi connectivity index (χ4n) is 2.10. The third-order valence-electron chi connectivity index (χ3n) is 3.24. The Balaban J connectivity index is 2.39. The Morgan fingerprint density at radius 1 is 1.09 bits per heavy atom. The Bertz CT molecular complexity index is 623. The van der Waals surface area contributed by atoms with Gasteiger partial charge in [-0.15, -0.1) is 0 Å². The van der Waals surface area contributed by atoms with Crippen molar-refractivity contribution in [3.8, 4) is 5.75 Å². The molecule has 0 aliphatic rings. The summed E-state index contributed by atoms with van der Waals surface area (Å²) in [6.07, 6.45) is 2.07. The van der Waals surface area contributed by atoms with E-state index in [0.717, 1.165) is 24.5 Å². The third-order valence-corrected chi connectivity index (χ3v) is 3.24. The lowest BCUT2D eigenvalue weighted by Crippen LogP contribution is -2.41. The number of halogens is 4. The highest BCUT2D eigenvalue weighted by molar-refractivity contribution is 5.30. The molecule has 0 unspecified atom stereocenters. The van der Waals surface area contributed by atoms with Gasteiger partial charge >= 0.3 is 12.0 Å². The molecule has 120 valence electrons. The molecule has 0 fully saturated rings. The van der Waals surface area contributed by atoms with Crippen LogP contribution in [-0.4, -0.2) is 16.2 Å². The molecular weight excluding hydrogens is 300 g/mol. The summed E-state index contributed by atoms with van der Waals surface area (Å²) in [5.41, 5.74) is -0.781. The number of aromatic nitrogens is 2. The molecule has 22 heavy (non-hydrogen) atoms. The molecule has 0 saturated heterocycles. The van der Waals surface area contributed by atoms with Gasteiger partial charge in [0.1, 0.15) is 11.6 Å². The minimum Gasteiger partial charge on any atom is -0.494 e. The molecule has 1 heterocycles. The van der Waals surface area contributed by atoms with E-state index in [1.807, 2.05) is 0 Å². The van der Waals surface area contributed by atoms with Gasteiger partial charge in [-0.2, -0.15) is 17.6 Å². The SMILES string of the molecule is CCOc1ccc(C(F)(F)C(F)(F)n2ccnc2CC)cc1. The summed E-state index contributed by atoms with van der Waals surface area (Å²) in [5.74, 6) is -4.12. The van der Waals surface area contributed by atoms with Gasteiger partial charge in [-0.25, -0.2) is 4.98 Å². The lowest BCUT2D eigenvalue weighted by Gasteiger charge is -2.28. The van der Waals surface area contributed by atoms with E-state index in [-0.39, 0.29) is 16.8 Å². The van der Waals surface area contributed by atoms with Crippen LogP contribution in [-0.2, 0) is 18.4 Å². The van der Waals surface area contributed by atoms with E-state index < -0.39 is 17.5 Å². The summed E-state index contributed by atoms with van der Waals surface area (Å²) in [6, 6.07) is -0.0280. The molecule has 1 aromatic carbocycles. The Hall–Kier alpha value is -2.05. The van der Waals surface area contributed by atoms with Gasteiger partial charge in [0.15, 0.2) is 0 Å². The van der Waals surface area contributed by atoms with Crippen molar-refractivity contribution in [2.24, 2.45) is 0 Å². The lowest BCUT2D eigenvalue weighted by atomic mass is 10.1. The number of rotatable bonds is 6. The van der Waals surface area contributed by atoms with Crippen molar-refractivity contribution in [1.29, 1.82) is 0 Å². The molecular formula is C15H16F4N2O. The Labute approximate surface area is 125 Å². The van der Waals surface area contributed by atoms with Crippen LogP contribution in [0.15, 0.2) is 36.7 Å². The van der Waals surface area contributed by atoms with E-state index in [4.69, 9.17) is 4.74 Å². The fraction of sp³-hybridized carbons (Fsp3) is 0.400. The molecule has 7 heteroatoms. The first-order chi connectivity index (χ1) is 10.3. The second kappa shape index (κ2) is 5.98. The Morgan fingerprint density at radius 3 is 2.27 bits per heavy atom. The van der Waals surface area contributed by atoms with Gasteiger partial charge < -0.3 is 4.74 Å². The monoisotopic (exact) mass is 316 g/mol. The number of benzene rings is 1. The summed E-state index contributed by atoms with van der Waals surface area (Å²) in [5, 5.41) is 0. The van der Waals surface area contributed by atoms with Gasteiger partial charge in [-0.1, -0.05) is 6.92 Å². The van der Waals surface area contributed by atoms with Crippen LogP contribution in [0.5, 0.6) is 5.75 Å². The van der Waals surface area contributed by atoms with Crippen LogP contribution in [0.25, 0.3) is 0 Å². The molecule has 0 aliphatic heterocycles. The van der Waals surface area contributed by atoms with Crippen molar-refractivity contribution in [2.75, 3.05) is 6.61 Å². The van der Waals surface area contributed by atoms with Crippen molar-refractivity contribution in [2.45, 2.75) is 32.2 Å². The molecule has 3 nitrogen and oxygen atoms in total. The third kappa shape index (κ3) is 2.67. The maximum atomic E-state index is 14.3. The van der Waals surface area contributed by atoms with E-state index in [9.17, 15) is 17.6 Å². The first kappa shape index (κ1) is 16.3. The number of nitrogens with zero attached hydrogens (tertiary/aromatic N) is 2. The molecule has 2 aromatic rings. The number of imidazole rings is 1. The molecule has 0 radical (unpaired) electrons. The van der Waals surface area contributed by atoms with Crippen LogP contribution >= 0.6 is 0 Å². The van der Waals surface area contributed by atoms with Gasteiger partial charge in [-0.05, 0) is 31.2 Å². The van der Waals surface area contributed by atoms with E-state index in [1.54, 1.807) is 13.8 Å². The quantitative estimate of drug-likeness (QED) is 0.747. The fourth-order valence-corrected chi connectivity index (χ4v) is 2.10. The number of aryl methyl sites for hydroxylation is 1. The molecule has 0 atom stereocenters. The standard InChI is InChI=1S/C15H16F4N2O/c1-3-13-20-9-10-21(13)15(18,19)14(16,17)11-5-7-12(8-6-11)22-4-2/h5-10H,3-4H2,1-2H3. The zero-order valence-corrected chi connectivity index (χ0v) is 12.2. The zero-order valence-electron chi connectivity index (χ0n) is 12.2. The predicted molar refractivity (Wildman–Crippen MR) is 73.3 cm³/mol. The van der Waals surface area contributed by atoms with E-state index in [0.29, 0.717) is 12.4 Å². The van der Waals surface area contributed by atoms with Crippen LogP contribution in [0.3, 0.4) is 0 Å². The summed E-state index contributed by atoms with van der Waals surface area (Å²) >= 11 is 0. The summed E-state index contributed by atoms with van der Waals surface area (Å²) < 4.78 is 62.5. The molecule has 1 aromatic heterocycles.